The zero-order valence-corrected chi connectivity index (χ0v) is 15.0. The molecule has 124 valence electrons. The Kier molecular flexibility index (Phi) is 6.55. The van der Waals surface area contributed by atoms with Crippen LogP contribution in [0.5, 0.6) is 0 Å². The molecule has 1 saturated carbocycles. The number of rotatable bonds is 7. The standard InChI is InChI=1S/C19H38N2/c1-5-13-20-18(17-11-9-16(3)10-12-17)19(4,6-2)21-14-7-8-15-21/h16-18,20H,5-15H2,1-4H3. The van der Waals surface area contributed by atoms with Crippen LogP contribution in [0.2, 0.25) is 0 Å². The Morgan fingerprint density at radius 3 is 2.24 bits per heavy atom. The molecule has 1 aliphatic carbocycles. The maximum absolute atomic E-state index is 3.98. The lowest BCUT2D eigenvalue weighted by atomic mass is 9.71. The van der Waals surface area contributed by atoms with Crippen molar-refractivity contribution in [3.8, 4) is 0 Å². The zero-order chi connectivity index (χ0) is 15.3. The lowest BCUT2D eigenvalue weighted by Gasteiger charge is -2.49. The number of hydrogen-bond acceptors (Lipinski definition) is 2. The van der Waals surface area contributed by atoms with Crippen LogP contribution in [0.3, 0.4) is 0 Å². The first-order valence-corrected chi connectivity index (χ1v) is 9.60. The highest BCUT2D eigenvalue weighted by Gasteiger charge is 2.43. The Labute approximate surface area is 133 Å². The fraction of sp³-hybridized carbons (Fsp3) is 1.00. The molecule has 2 aliphatic rings. The summed E-state index contributed by atoms with van der Waals surface area (Å²) in [6.45, 7) is 13.5. The first kappa shape index (κ1) is 17.3. The van der Waals surface area contributed by atoms with Gasteiger partial charge in [0.1, 0.15) is 0 Å². The van der Waals surface area contributed by atoms with Crippen molar-refractivity contribution in [2.75, 3.05) is 19.6 Å². The van der Waals surface area contributed by atoms with Crippen LogP contribution in [0.1, 0.15) is 79.1 Å². The van der Waals surface area contributed by atoms with E-state index in [2.05, 4.69) is 37.9 Å². The Morgan fingerprint density at radius 1 is 1.10 bits per heavy atom. The molecule has 0 aromatic heterocycles. The fourth-order valence-electron chi connectivity index (χ4n) is 4.68. The molecule has 1 aliphatic heterocycles. The molecule has 1 N–H and O–H groups in total. The van der Waals surface area contributed by atoms with Crippen LogP contribution in [-0.2, 0) is 0 Å². The first-order chi connectivity index (χ1) is 10.1. The van der Waals surface area contributed by atoms with Crippen molar-refractivity contribution in [3.05, 3.63) is 0 Å². The summed E-state index contributed by atoms with van der Waals surface area (Å²) in [5.41, 5.74) is 0.358. The van der Waals surface area contributed by atoms with E-state index in [4.69, 9.17) is 0 Å². The predicted octanol–water partition coefficient (Wildman–Crippen LogP) is 4.45. The molecule has 0 spiro atoms. The molecular weight excluding hydrogens is 256 g/mol. The van der Waals surface area contributed by atoms with Crippen LogP contribution in [0, 0.1) is 11.8 Å². The van der Waals surface area contributed by atoms with Gasteiger partial charge in [0.15, 0.2) is 0 Å². The molecule has 1 saturated heterocycles. The Bertz CT molecular complexity index is 290. The first-order valence-electron chi connectivity index (χ1n) is 9.60. The Hall–Kier alpha value is -0.0800. The third kappa shape index (κ3) is 4.01. The van der Waals surface area contributed by atoms with E-state index >= 15 is 0 Å². The summed E-state index contributed by atoms with van der Waals surface area (Å²) < 4.78 is 0. The maximum atomic E-state index is 3.98. The van der Waals surface area contributed by atoms with Crippen molar-refractivity contribution in [3.63, 3.8) is 0 Å². The van der Waals surface area contributed by atoms with Crippen molar-refractivity contribution >= 4 is 0 Å². The van der Waals surface area contributed by atoms with Gasteiger partial charge in [-0.25, -0.2) is 0 Å². The number of nitrogens with zero attached hydrogens (tertiary/aromatic N) is 1. The number of nitrogens with one attached hydrogen (secondary N) is 1. The van der Waals surface area contributed by atoms with Gasteiger partial charge in [0, 0.05) is 11.6 Å². The molecule has 1 heterocycles. The van der Waals surface area contributed by atoms with E-state index in [1.165, 1.54) is 71.0 Å². The quantitative estimate of drug-likeness (QED) is 0.746. The normalized spacial score (nSPS) is 32.0. The highest BCUT2D eigenvalue weighted by molar-refractivity contribution is 5.01. The number of hydrogen-bond donors (Lipinski definition) is 1. The van der Waals surface area contributed by atoms with E-state index in [9.17, 15) is 0 Å². The van der Waals surface area contributed by atoms with Gasteiger partial charge in [0.25, 0.3) is 0 Å². The van der Waals surface area contributed by atoms with Crippen LogP contribution < -0.4 is 5.32 Å². The third-order valence-corrected chi connectivity index (χ3v) is 6.36. The SMILES string of the molecule is CCCNC(C1CCC(C)CC1)C(C)(CC)N1CCCC1. The van der Waals surface area contributed by atoms with E-state index < -0.39 is 0 Å². The summed E-state index contributed by atoms with van der Waals surface area (Å²) in [4.78, 5) is 2.80. The van der Waals surface area contributed by atoms with E-state index in [0.717, 1.165) is 11.8 Å². The van der Waals surface area contributed by atoms with Gasteiger partial charge in [0.2, 0.25) is 0 Å². The molecule has 0 aromatic carbocycles. The van der Waals surface area contributed by atoms with Gasteiger partial charge in [-0.1, -0.05) is 33.6 Å². The van der Waals surface area contributed by atoms with Gasteiger partial charge in [0.05, 0.1) is 0 Å². The minimum Gasteiger partial charge on any atom is -0.312 e. The van der Waals surface area contributed by atoms with Gasteiger partial charge < -0.3 is 5.32 Å². The molecule has 2 atom stereocenters. The van der Waals surface area contributed by atoms with E-state index in [0.29, 0.717) is 11.6 Å². The van der Waals surface area contributed by atoms with Crippen molar-refractivity contribution in [2.45, 2.75) is 90.6 Å². The molecule has 21 heavy (non-hydrogen) atoms. The third-order valence-electron chi connectivity index (χ3n) is 6.36. The second kappa shape index (κ2) is 7.97. The lowest BCUT2D eigenvalue weighted by molar-refractivity contribution is 0.0431. The average Bonchev–Trinajstić information content (AvgIpc) is 3.04. The molecule has 2 fully saturated rings. The van der Waals surface area contributed by atoms with Crippen molar-refractivity contribution in [1.82, 2.24) is 10.2 Å². The summed E-state index contributed by atoms with van der Waals surface area (Å²) in [6, 6.07) is 0.688. The molecule has 2 unspecified atom stereocenters. The van der Waals surface area contributed by atoms with Crippen LogP contribution in [0.25, 0.3) is 0 Å². The van der Waals surface area contributed by atoms with Crippen LogP contribution in [-0.4, -0.2) is 36.1 Å². The molecule has 0 aromatic rings. The minimum atomic E-state index is 0.358. The smallest absolute Gasteiger partial charge is 0.0334 e. The van der Waals surface area contributed by atoms with Crippen LogP contribution in [0.15, 0.2) is 0 Å². The topological polar surface area (TPSA) is 15.3 Å². The van der Waals surface area contributed by atoms with Crippen LogP contribution in [0.4, 0.5) is 0 Å². The van der Waals surface area contributed by atoms with Crippen molar-refractivity contribution in [1.29, 1.82) is 0 Å². The van der Waals surface area contributed by atoms with E-state index in [-0.39, 0.29) is 0 Å². The van der Waals surface area contributed by atoms with Crippen LogP contribution >= 0.6 is 0 Å². The predicted molar refractivity (Wildman–Crippen MR) is 92.7 cm³/mol. The van der Waals surface area contributed by atoms with Gasteiger partial charge in [-0.15, -0.1) is 0 Å². The van der Waals surface area contributed by atoms with Gasteiger partial charge in [-0.3, -0.25) is 4.90 Å². The van der Waals surface area contributed by atoms with Gasteiger partial charge in [-0.05, 0) is 76.9 Å². The summed E-state index contributed by atoms with van der Waals surface area (Å²) in [5.74, 6) is 1.84. The molecular formula is C19H38N2. The largest absolute Gasteiger partial charge is 0.312 e. The molecule has 2 nitrogen and oxygen atoms in total. The highest BCUT2D eigenvalue weighted by atomic mass is 15.2. The average molecular weight is 295 g/mol. The van der Waals surface area contributed by atoms with E-state index in [1.807, 2.05) is 0 Å². The molecule has 0 amide bonds. The molecule has 0 bridgehead atoms. The van der Waals surface area contributed by atoms with E-state index in [1.54, 1.807) is 0 Å². The number of likely N-dealkylation sites (tertiary alicyclic amines) is 1. The lowest BCUT2D eigenvalue weighted by Crippen LogP contribution is -2.61. The summed E-state index contributed by atoms with van der Waals surface area (Å²) in [6.07, 6.45) is 11.1. The summed E-state index contributed by atoms with van der Waals surface area (Å²) in [7, 11) is 0. The molecule has 2 rings (SSSR count). The van der Waals surface area contributed by atoms with Gasteiger partial charge >= 0.3 is 0 Å². The van der Waals surface area contributed by atoms with Crippen molar-refractivity contribution < 1.29 is 0 Å². The highest BCUT2D eigenvalue weighted by Crippen LogP contribution is 2.38. The summed E-state index contributed by atoms with van der Waals surface area (Å²) in [5, 5.41) is 3.98. The van der Waals surface area contributed by atoms with Crippen molar-refractivity contribution in [2.24, 2.45) is 11.8 Å². The second-order valence-corrected chi connectivity index (χ2v) is 7.86. The monoisotopic (exact) mass is 294 g/mol. The zero-order valence-electron chi connectivity index (χ0n) is 15.0. The maximum Gasteiger partial charge on any atom is 0.0334 e. The summed E-state index contributed by atoms with van der Waals surface area (Å²) >= 11 is 0. The fourth-order valence-corrected chi connectivity index (χ4v) is 4.68. The Morgan fingerprint density at radius 2 is 1.71 bits per heavy atom. The van der Waals surface area contributed by atoms with Gasteiger partial charge in [-0.2, -0.15) is 0 Å². The molecule has 2 heteroatoms. The Balaban J connectivity index is 2.11. The molecule has 0 radical (unpaired) electrons. The minimum absolute atomic E-state index is 0.358. The second-order valence-electron chi connectivity index (χ2n) is 7.86.